The molecule has 0 spiro atoms. The molecule has 1 unspecified atom stereocenters. The van der Waals surface area contributed by atoms with Crippen molar-refractivity contribution in [3.8, 4) is 0 Å². The van der Waals surface area contributed by atoms with Crippen LogP contribution in [0.1, 0.15) is 31.4 Å². The van der Waals surface area contributed by atoms with Crippen molar-refractivity contribution in [1.29, 1.82) is 0 Å². The second-order valence-electron chi connectivity index (χ2n) is 3.75. The van der Waals surface area contributed by atoms with E-state index >= 15 is 0 Å². The molecule has 1 aromatic rings. The van der Waals surface area contributed by atoms with Gasteiger partial charge in [0.2, 0.25) is 5.91 Å². The summed E-state index contributed by atoms with van der Waals surface area (Å²) in [5.41, 5.74) is 1.17. The topological polar surface area (TPSA) is 20.3 Å². The third kappa shape index (κ3) is 1.92. The Hall–Kier alpha value is -1.22. The van der Waals surface area contributed by atoms with Gasteiger partial charge in [0, 0.05) is 13.3 Å². The number of carbonyl (C=O) groups is 1. The Kier molecular flexibility index (Phi) is 2.82. The molecule has 1 saturated heterocycles. The molecule has 3 heteroatoms. The van der Waals surface area contributed by atoms with Crippen LogP contribution in [0.15, 0.2) is 30.3 Å². The van der Waals surface area contributed by atoms with E-state index in [2.05, 4.69) is 12.1 Å². The minimum Gasteiger partial charge on any atom is -0.299 e. The summed E-state index contributed by atoms with van der Waals surface area (Å²) in [4.78, 5) is 14.0. The van der Waals surface area contributed by atoms with Crippen molar-refractivity contribution in [2.45, 2.75) is 25.8 Å². The van der Waals surface area contributed by atoms with Gasteiger partial charge in [0.25, 0.3) is 0 Å². The van der Waals surface area contributed by atoms with Crippen LogP contribution in [0.5, 0.6) is 0 Å². The zero-order valence-corrected chi connectivity index (χ0v) is 9.46. The van der Waals surface area contributed by atoms with Gasteiger partial charge < -0.3 is 0 Å². The lowest BCUT2D eigenvalue weighted by atomic mass is 10.0. The van der Waals surface area contributed by atoms with Crippen molar-refractivity contribution in [3.63, 3.8) is 0 Å². The van der Waals surface area contributed by atoms with Crippen molar-refractivity contribution in [3.05, 3.63) is 35.9 Å². The van der Waals surface area contributed by atoms with Gasteiger partial charge in [-0.25, -0.2) is 0 Å². The van der Waals surface area contributed by atoms with Gasteiger partial charge in [-0.1, -0.05) is 42.5 Å². The molecule has 0 radical (unpaired) electrons. The molecular weight excluding hydrogens is 206 g/mol. The lowest BCUT2D eigenvalue weighted by Crippen LogP contribution is -2.31. The Morgan fingerprint density at radius 3 is 2.67 bits per heavy atom. The molecule has 1 atom stereocenters. The molecule has 2 nitrogen and oxygen atoms in total. The van der Waals surface area contributed by atoms with Crippen LogP contribution in [-0.2, 0) is 4.79 Å². The highest BCUT2D eigenvalue weighted by molar-refractivity contribution is 7.80. The molecule has 0 N–H and O–H groups in total. The van der Waals surface area contributed by atoms with Gasteiger partial charge in [-0.2, -0.15) is 0 Å². The van der Waals surface area contributed by atoms with Crippen LogP contribution in [0, 0.1) is 0 Å². The number of amides is 1. The average molecular weight is 219 g/mol. The molecule has 1 aromatic carbocycles. The molecule has 15 heavy (non-hydrogen) atoms. The van der Waals surface area contributed by atoms with Gasteiger partial charge in [0.15, 0.2) is 0 Å². The minimum atomic E-state index is 0.0475. The van der Waals surface area contributed by atoms with Crippen LogP contribution in [0.4, 0.5) is 0 Å². The number of likely N-dealkylation sites (tertiary alicyclic amines) is 1. The van der Waals surface area contributed by atoms with E-state index in [1.165, 1.54) is 5.56 Å². The third-order valence-corrected chi connectivity index (χ3v) is 3.14. The van der Waals surface area contributed by atoms with Gasteiger partial charge in [0.1, 0.15) is 0 Å². The molecular formula is C12H13NOS. The summed E-state index contributed by atoms with van der Waals surface area (Å²) in [5.74, 6) is 0.0475. The monoisotopic (exact) mass is 219 g/mol. The Labute approximate surface area is 94.9 Å². The van der Waals surface area contributed by atoms with E-state index in [4.69, 9.17) is 12.2 Å². The van der Waals surface area contributed by atoms with Gasteiger partial charge in [-0.3, -0.25) is 9.69 Å². The van der Waals surface area contributed by atoms with E-state index in [-0.39, 0.29) is 11.9 Å². The average Bonchev–Trinajstić information content (AvgIpc) is 2.61. The lowest BCUT2D eigenvalue weighted by molar-refractivity contribution is -0.126. The number of benzene rings is 1. The van der Waals surface area contributed by atoms with Gasteiger partial charge in [-0.15, -0.1) is 0 Å². The van der Waals surface area contributed by atoms with Crippen molar-refractivity contribution >= 4 is 23.1 Å². The van der Waals surface area contributed by atoms with Crippen molar-refractivity contribution in [2.75, 3.05) is 0 Å². The summed E-state index contributed by atoms with van der Waals surface area (Å²) in [7, 11) is 0. The third-order valence-electron chi connectivity index (χ3n) is 2.74. The van der Waals surface area contributed by atoms with Crippen molar-refractivity contribution < 1.29 is 4.79 Å². The van der Waals surface area contributed by atoms with E-state index in [0.29, 0.717) is 0 Å². The lowest BCUT2D eigenvalue weighted by Gasteiger charge is -2.23. The number of hydrogen-bond acceptors (Lipinski definition) is 2. The summed E-state index contributed by atoms with van der Waals surface area (Å²) in [5, 5.41) is 0. The van der Waals surface area contributed by atoms with E-state index in [0.717, 1.165) is 17.8 Å². The predicted molar refractivity (Wildman–Crippen MR) is 63.5 cm³/mol. The summed E-state index contributed by atoms with van der Waals surface area (Å²) >= 11 is 5.20. The number of rotatable bonds is 1. The zero-order chi connectivity index (χ0) is 10.8. The van der Waals surface area contributed by atoms with E-state index in [1.54, 1.807) is 11.8 Å². The van der Waals surface area contributed by atoms with Crippen LogP contribution >= 0.6 is 12.2 Å². The van der Waals surface area contributed by atoms with E-state index < -0.39 is 0 Å². The first-order valence-corrected chi connectivity index (χ1v) is 5.48. The van der Waals surface area contributed by atoms with Crippen LogP contribution in [0.2, 0.25) is 0 Å². The Balaban J connectivity index is 2.30. The predicted octanol–water partition coefficient (Wildman–Crippen LogP) is 2.70. The Morgan fingerprint density at radius 1 is 1.40 bits per heavy atom. The maximum absolute atomic E-state index is 11.5. The molecule has 0 aliphatic carbocycles. The maximum atomic E-state index is 11.5. The first kappa shape index (κ1) is 10.3. The van der Waals surface area contributed by atoms with Crippen LogP contribution in [0.25, 0.3) is 0 Å². The normalized spacial score (nSPS) is 20.7. The quantitative estimate of drug-likeness (QED) is 0.677. The van der Waals surface area contributed by atoms with Gasteiger partial charge in [0.05, 0.1) is 11.0 Å². The first-order valence-electron chi connectivity index (χ1n) is 5.07. The summed E-state index contributed by atoms with van der Waals surface area (Å²) in [6, 6.07) is 10.2. The smallest absolute Gasteiger partial charge is 0.224 e. The highest BCUT2D eigenvalue weighted by Crippen LogP contribution is 2.33. The SMILES string of the molecule is CC(=O)N1C(=S)CCC1c1ccccc1. The molecule has 0 bridgehead atoms. The molecule has 0 saturated carbocycles. The second-order valence-corrected chi connectivity index (χ2v) is 4.22. The second kappa shape index (κ2) is 4.11. The molecule has 1 aliphatic rings. The van der Waals surface area contributed by atoms with Crippen molar-refractivity contribution in [1.82, 2.24) is 4.90 Å². The molecule has 78 valence electrons. The molecule has 1 aliphatic heterocycles. The van der Waals surface area contributed by atoms with Gasteiger partial charge in [-0.05, 0) is 12.0 Å². The molecule has 1 heterocycles. The fourth-order valence-corrected chi connectivity index (χ4v) is 2.44. The molecule has 1 fully saturated rings. The maximum Gasteiger partial charge on any atom is 0.224 e. The fourth-order valence-electron chi connectivity index (χ4n) is 2.07. The molecule has 1 amide bonds. The number of nitrogens with zero attached hydrogens (tertiary/aromatic N) is 1. The Bertz CT molecular complexity index is 388. The molecule has 0 aromatic heterocycles. The summed E-state index contributed by atoms with van der Waals surface area (Å²) in [6.07, 6.45) is 1.79. The highest BCUT2D eigenvalue weighted by atomic mass is 32.1. The molecule has 2 rings (SSSR count). The summed E-state index contributed by atoms with van der Waals surface area (Å²) < 4.78 is 0. The van der Waals surface area contributed by atoms with Crippen LogP contribution in [0.3, 0.4) is 0 Å². The standard InChI is InChI=1S/C12H13NOS/c1-9(14)13-11(7-8-12(13)15)10-5-3-2-4-6-10/h2-6,11H,7-8H2,1H3. The number of thiocarbonyl (C=S) groups is 1. The minimum absolute atomic E-state index is 0.0475. The number of carbonyl (C=O) groups excluding carboxylic acids is 1. The van der Waals surface area contributed by atoms with E-state index in [9.17, 15) is 4.79 Å². The van der Waals surface area contributed by atoms with Crippen LogP contribution in [-0.4, -0.2) is 15.8 Å². The van der Waals surface area contributed by atoms with Gasteiger partial charge >= 0.3 is 0 Å². The fraction of sp³-hybridized carbons (Fsp3) is 0.333. The Morgan fingerprint density at radius 2 is 2.07 bits per heavy atom. The first-order chi connectivity index (χ1) is 7.20. The summed E-state index contributed by atoms with van der Waals surface area (Å²) in [6.45, 7) is 1.58. The van der Waals surface area contributed by atoms with Crippen molar-refractivity contribution in [2.24, 2.45) is 0 Å². The van der Waals surface area contributed by atoms with Crippen LogP contribution < -0.4 is 0 Å². The van der Waals surface area contributed by atoms with E-state index in [1.807, 2.05) is 18.2 Å². The highest BCUT2D eigenvalue weighted by Gasteiger charge is 2.31. The zero-order valence-electron chi connectivity index (χ0n) is 8.64. The largest absolute Gasteiger partial charge is 0.299 e. The number of hydrogen-bond donors (Lipinski definition) is 0.